The van der Waals surface area contributed by atoms with Gasteiger partial charge in [-0.3, -0.25) is 54.0 Å². The van der Waals surface area contributed by atoms with E-state index < -0.39 is 203 Å². The van der Waals surface area contributed by atoms with Crippen LogP contribution in [0.1, 0.15) is 63.0 Å². The average molecular weight is 1320 g/mol. The van der Waals surface area contributed by atoms with Crippen molar-refractivity contribution in [1.82, 2.24) is 34.4 Å². The van der Waals surface area contributed by atoms with Crippen LogP contribution in [0.15, 0.2) is 140 Å². The number of likely N-dealkylation sites (tertiary alicyclic amines) is 1. The summed E-state index contributed by atoms with van der Waals surface area (Å²) < 4.78 is 81.5. The molecule has 4 N–H and O–H groups in total. The van der Waals surface area contributed by atoms with Gasteiger partial charge in [-0.05, 0) is 89.5 Å². The van der Waals surface area contributed by atoms with Gasteiger partial charge >= 0.3 is 30.4 Å². The lowest BCUT2D eigenvalue weighted by molar-refractivity contribution is -0.394. The minimum absolute atomic E-state index is 0.152. The number of imide groups is 1. The monoisotopic (exact) mass is 1320 g/mol. The number of carbonyl (C=O) groups is 9. The Kier molecular flexibility index (Phi) is 15.7. The Morgan fingerprint density at radius 1 is 0.589 bits per heavy atom. The summed E-state index contributed by atoms with van der Waals surface area (Å²) >= 11 is 0. The molecule has 6 saturated heterocycles. The summed E-state index contributed by atoms with van der Waals surface area (Å²) in [5, 5.41) is 50.6. The molecule has 33 heteroatoms. The standard InChI is InChI=1S/C62H50F6N12O15/c63-61(64,65)39-20-40(62(66,67)68)22-42(21-39)71-56(90)70-41-13-10-35(11-14-41)49(82)74-32-59(26-48(74)52(85)86)54(88)75(28-36-6-4-5-7-38(36)30-81)58(53(87)76(59)29-37-12-15-44(79(92)93)23-45(37)80(94)95)24-46-50(83)73-33-60(25-47(73)51(84)72(46)31-58)55(89)78(43-8-2-1-3-9-43)57(91)77(60)27-34-16-18-69-19-17-34/h1-23,46-48,81H,24-33H2,(H,85,86)(H2,70,71,90)/t46-,47-,48-,58-,59-,60-/m0/s1. The number of nitro benzene ring substituents is 2. The van der Waals surface area contributed by atoms with Crippen molar-refractivity contribution in [2.75, 3.05) is 35.2 Å². The number of para-hydroxylation sites is 1. The zero-order valence-electron chi connectivity index (χ0n) is 49.0. The third-order valence-corrected chi connectivity index (χ3v) is 18.3. The highest BCUT2D eigenvalue weighted by Crippen LogP contribution is 2.52. The van der Waals surface area contributed by atoms with Crippen molar-refractivity contribution in [1.29, 1.82) is 0 Å². The fraction of sp³-hybridized carbons (Fsp3) is 0.290. The van der Waals surface area contributed by atoms with Crippen molar-refractivity contribution in [3.8, 4) is 0 Å². The molecule has 6 aliphatic rings. The number of carboxylic acids is 1. The van der Waals surface area contributed by atoms with Crippen LogP contribution in [0.2, 0.25) is 0 Å². The number of rotatable bonds is 14. The molecule has 10 amide bonds. The smallest absolute Gasteiger partial charge is 0.416 e. The van der Waals surface area contributed by atoms with E-state index in [1.165, 1.54) is 47.6 Å². The summed E-state index contributed by atoms with van der Waals surface area (Å²) in [7, 11) is 0. The number of nitrogens with one attached hydrogen (secondary N) is 2. The molecule has 0 unspecified atom stereocenters. The Hall–Kier alpha value is -11.4. The number of aliphatic hydroxyl groups excluding tert-OH is 1. The minimum atomic E-state index is -5.25. The van der Waals surface area contributed by atoms with Crippen molar-refractivity contribution in [3.05, 3.63) is 199 Å². The first-order valence-electron chi connectivity index (χ1n) is 29.0. The number of amides is 10. The van der Waals surface area contributed by atoms with Gasteiger partial charge in [-0.2, -0.15) is 26.3 Å². The van der Waals surface area contributed by atoms with Crippen molar-refractivity contribution < 1.29 is 89.6 Å². The first-order chi connectivity index (χ1) is 45.0. The Bertz CT molecular complexity index is 4200. The summed E-state index contributed by atoms with van der Waals surface area (Å²) in [6.07, 6.45) is -9.70. The van der Waals surface area contributed by atoms with Gasteiger partial charge in [0.15, 0.2) is 0 Å². The minimum Gasteiger partial charge on any atom is -0.480 e. The average Bonchev–Trinajstić information content (AvgIpc) is 1.56. The number of alkyl halides is 6. The maximum Gasteiger partial charge on any atom is 0.416 e. The first-order valence-corrected chi connectivity index (χ1v) is 29.0. The van der Waals surface area contributed by atoms with Crippen LogP contribution in [-0.2, 0) is 67.4 Å². The molecule has 1 aromatic heterocycles. The normalized spacial score (nSPS) is 23.4. The number of aliphatic carboxylic acids is 1. The third kappa shape index (κ3) is 10.8. The van der Waals surface area contributed by atoms with E-state index >= 15 is 24.0 Å². The van der Waals surface area contributed by atoms with Gasteiger partial charge in [0, 0.05) is 73.3 Å². The maximum atomic E-state index is 16.6. The van der Waals surface area contributed by atoms with Crippen molar-refractivity contribution in [2.45, 2.75) is 92.6 Å². The van der Waals surface area contributed by atoms with E-state index in [9.17, 15) is 76.0 Å². The highest BCUT2D eigenvalue weighted by atomic mass is 19.4. The van der Waals surface area contributed by atoms with Gasteiger partial charge in [0.1, 0.15) is 34.7 Å². The van der Waals surface area contributed by atoms with Gasteiger partial charge in [-0.25, -0.2) is 19.3 Å². The number of aromatic nitrogens is 1. The Balaban J connectivity index is 0.911. The number of nitro groups is 2. The number of hydrogen-bond acceptors (Lipinski definition) is 15. The maximum absolute atomic E-state index is 16.6. The SMILES string of the molecule is O=C(Nc1ccc(C(=O)N2C[C@@]3(C[C@H]2C(=O)O)C(=O)N(Cc2ccccc2CO)[C@]2(C[C@H]4C(=O)N5C[C@@]6(C[C@H]5C(=O)N4C2)C(=O)N(c2ccccc2)C(=O)N6Cc2ccncc2)C(=O)N3Cc2ccc([N+](=O)[O-])cc2[N+](=O)[O-])cc1)Nc1cc(C(F)(F)F)cc(C(F)(F)F)c1. The Morgan fingerprint density at radius 2 is 1.13 bits per heavy atom. The third-order valence-electron chi connectivity index (χ3n) is 18.3. The molecule has 0 radical (unpaired) electrons. The lowest BCUT2D eigenvalue weighted by Gasteiger charge is -2.55. The first kappa shape index (κ1) is 63.8. The predicted molar refractivity (Wildman–Crippen MR) is 313 cm³/mol. The number of anilines is 3. The topological polar surface area (TPSA) is 340 Å². The number of carboxylic acid groups (broad SMARTS) is 1. The van der Waals surface area contributed by atoms with E-state index in [2.05, 4.69) is 10.3 Å². The van der Waals surface area contributed by atoms with Gasteiger partial charge in [-0.15, -0.1) is 0 Å². The van der Waals surface area contributed by atoms with Crippen LogP contribution in [0.4, 0.5) is 64.4 Å². The lowest BCUT2D eigenvalue weighted by Crippen LogP contribution is -2.77. The summed E-state index contributed by atoms with van der Waals surface area (Å²) in [5.74, 6) is -7.58. The molecular weight excluding hydrogens is 1270 g/mol. The molecule has 6 atom stereocenters. The Morgan fingerprint density at radius 3 is 1.67 bits per heavy atom. The summed E-state index contributed by atoms with van der Waals surface area (Å²) in [6.45, 7) is -4.79. The van der Waals surface area contributed by atoms with E-state index in [0.717, 1.165) is 60.9 Å². The molecule has 95 heavy (non-hydrogen) atoms. The second kappa shape index (κ2) is 23.3. The van der Waals surface area contributed by atoms with E-state index in [-0.39, 0.29) is 52.8 Å². The molecule has 6 fully saturated rings. The number of urea groups is 2. The van der Waals surface area contributed by atoms with Crippen LogP contribution in [0.5, 0.6) is 0 Å². The molecule has 0 aliphatic carbocycles. The molecule has 5 aromatic carbocycles. The van der Waals surface area contributed by atoms with Gasteiger partial charge in [0.2, 0.25) is 11.8 Å². The summed E-state index contributed by atoms with van der Waals surface area (Å²) in [5.41, 5.74) is -12.8. The molecule has 490 valence electrons. The second-order valence-electron chi connectivity index (χ2n) is 23.6. The molecule has 3 spiro atoms. The number of non-ortho nitro benzene ring substituents is 1. The van der Waals surface area contributed by atoms with Crippen LogP contribution in [0.3, 0.4) is 0 Å². The zero-order valence-corrected chi connectivity index (χ0v) is 49.0. The van der Waals surface area contributed by atoms with Crippen molar-refractivity contribution in [2.24, 2.45) is 0 Å². The van der Waals surface area contributed by atoms with E-state index in [0.29, 0.717) is 16.5 Å². The second-order valence-corrected chi connectivity index (χ2v) is 23.6. The number of piperazine rings is 2. The zero-order chi connectivity index (χ0) is 68.0. The molecule has 0 saturated carbocycles. The van der Waals surface area contributed by atoms with Gasteiger partial charge in [0.25, 0.3) is 35.0 Å². The van der Waals surface area contributed by atoms with E-state index in [4.69, 9.17) is 0 Å². The van der Waals surface area contributed by atoms with Crippen LogP contribution in [0, 0.1) is 20.2 Å². The number of pyridine rings is 1. The van der Waals surface area contributed by atoms with E-state index in [1.807, 2.05) is 5.32 Å². The number of aliphatic hydroxyl groups is 1. The predicted octanol–water partition coefficient (Wildman–Crippen LogP) is 6.54. The molecule has 12 rings (SSSR count). The summed E-state index contributed by atoms with van der Waals surface area (Å²) in [6, 6.07) is 16.9. The van der Waals surface area contributed by atoms with Gasteiger partial charge in [-0.1, -0.05) is 42.5 Å². The number of hydrogen-bond donors (Lipinski definition) is 4. The van der Waals surface area contributed by atoms with Crippen molar-refractivity contribution in [3.63, 3.8) is 0 Å². The van der Waals surface area contributed by atoms with Crippen LogP contribution < -0.4 is 15.5 Å². The lowest BCUT2D eigenvalue weighted by atomic mass is 9.79. The van der Waals surface area contributed by atoms with Crippen LogP contribution >= 0.6 is 0 Å². The van der Waals surface area contributed by atoms with Crippen molar-refractivity contribution >= 4 is 81.9 Å². The molecule has 27 nitrogen and oxygen atoms in total. The van der Waals surface area contributed by atoms with Crippen LogP contribution in [-0.4, -0.2) is 162 Å². The van der Waals surface area contributed by atoms with Gasteiger partial charge < -0.3 is 50.2 Å². The quantitative estimate of drug-likeness (QED) is 0.0389. The fourth-order valence-corrected chi connectivity index (χ4v) is 13.8. The number of nitrogens with zero attached hydrogens (tertiary/aromatic N) is 10. The molecule has 6 aliphatic heterocycles. The number of halogens is 6. The summed E-state index contributed by atoms with van der Waals surface area (Å²) in [4.78, 5) is 169. The Labute approximate surface area is 531 Å². The molecule has 7 heterocycles. The van der Waals surface area contributed by atoms with E-state index in [1.54, 1.807) is 36.4 Å². The fourth-order valence-electron chi connectivity index (χ4n) is 13.8. The number of carbonyl (C=O) groups excluding carboxylic acids is 8. The molecular formula is C62H50F6N12O15. The molecule has 6 aromatic rings. The molecule has 0 bridgehead atoms. The number of benzene rings is 5. The van der Waals surface area contributed by atoms with Gasteiger partial charge in [0.05, 0.1) is 65.5 Å². The highest BCUT2D eigenvalue weighted by molar-refractivity contribution is 6.24. The number of fused-ring (bicyclic) bond motifs is 2. The highest BCUT2D eigenvalue weighted by Gasteiger charge is 2.74. The largest absolute Gasteiger partial charge is 0.480 e. The van der Waals surface area contributed by atoms with Crippen LogP contribution in [0.25, 0.3) is 0 Å².